The Morgan fingerprint density at radius 3 is 2.19 bits per heavy atom. The average molecular weight is 526 g/mol. The van der Waals surface area contributed by atoms with Crippen LogP contribution in [0.2, 0.25) is 0 Å². The Bertz CT molecular complexity index is 1090. The molecule has 3 unspecified atom stereocenters. The van der Waals surface area contributed by atoms with Gasteiger partial charge < -0.3 is 25.2 Å². The molecule has 0 spiro atoms. The molecule has 0 aliphatic rings. The van der Waals surface area contributed by atoms with E-state index in [0.717, 1.165) is 16.0 Å². The van der Waals surface area contributed by atoms with Gasteiger partial charge in [-0.25, -0.2) is 9.59 Å². The van der Waals surface area contributed by atoms with Crippen LogP contribution in [0.25, 0.3) is 0 Å². The number of thiazole rings is 1. The summed E-state index contributed by atoms with van der Waals surface area (Å²) >= 11 is 1.47. The second kappa shape index (κ2) is 13.8. The van der Waals surface area contributed by atoms with Gasteiger partial charge in [-0.2, -0.15) is 0 Å². The van der Waals surface area contributed by atoms with Gasteiger partial charge in [0, 0.05) is 23.5 Å². The first-order chi connectivity index (χ1) is 17.7. The Balaban J connectivity index is 1.69. The summed E-state index contributed by atoms with van der Waals surface area (Å²) in [6.07, 6.45) is 0.624. The molecule has 1 aromatic heterocycles. The van der Waals surface area contributed by atoms with Crippen molar-refractivity contribution in [2.45, 2.75) is 70.4 Å². The van der Waals surface area contributed by atoms with Crippen molar-refractivity contribution >= 4 is 23.5 Å². The van der Waals surface area contributed by atoms with Gasteiger partial charge in [-0.3, -0.25) is 4.98 Å². The molecule has 37 heavy (non-hydrogen) atoms. The highest BCUT2D eigenvalue weighted by Crippen LogP contribution is 2.17. The second-order valence-electron chi connectivity index (χ2n) is 9.82. The van der Waals surface area contributed by atoms with Gasteiger partial charge in [-0.05, 0) is 44.7 Å². The second-order valence-corrected chi connectivity index (χ2v) is 10.8. The maximum Gasteiger partial charge on any atom is 0.407 e. The molecule has 3 N–H and O–H groups in total. The summed E-state index contributed by atoms with van der Waals surface area (Å²) < 4.78 is 10.8. The van der Waals surface area contributed by atoms with E-state index in [0.29, 0.717) is 12.8 Å². The summed E-state index contributed by atoms with van der Waals surface area (Å²) in [6, 6.07) is 17.9. The fourth-order valence-electron chi connectivity index (χ4n) is 3.78. The van der Waals surface area contributed by atoms with E-state index < -0.39 is 36.0 Å². The monoisotopic (exact) mass is 525 g/mol. The molecule has 0 radical (unpaired) electrons. The van der Waals surface area contributed by atoms with E-state index in [2.05, 4.69) is 15.6 Å². The number of carbonyl (C=O) groups excluding carboxylic acids is 2. The SMILES string of the molecule is CC(C)(C)OC(=O)NC(Cc1ccccc1)C(O)CC(Cc1cncs1)NC(=O)OCc1ccccc1. The van der Waals surface area contributed by atoms with Crippen molar-refractivity contribution in [2.75, 3.05) is 0 Å². The molecule has 1 heterocycles. The van der Waals surface area contributed by atoms with Gasteiger partial charge in [-0.1, -0.05) is 60.7 Å². The smallest absolute Gasteiger partial charge is 0.407 e. The van der Waals surface area contributed by atoms with Crippen LogP contribution in [0.4, 0.5) is 9.59 Å². The van der Waals surface area contributed by atoms with Gasteiger partial charge in [0.15, 0.2) is 0 Å². The van der Waals surface area contributed by atoms with Crippen molar-refractivity contribution in [1.82, 2.24) is 15.6 Å². The number of nitrogens with zero attached hydrogens (tertiary/aromatic N) is 1. The van der Waals surface area contributed by atoms with Crippen LogP contribution in [0.3, 0.4) is 0 Å². The highest BCUT2D eigenvalue weighted by Gasteiger charge is 2.28. The molecule has 0 saturated carbocycles. The summed E-state index contributed by atoms with van der Waals surface area (Å²) in [5.74, 6) is 0. The molecule has 8 nitrogen and oxygen atoms in total. The Morgan fingerprint density at radius 2 is 1.59 bits per heavy atom. The van der Waals surface area contributed by atoms with E-state index in [1.165, 1.54) is 11.3 Å². The molecule has 9 heteroatoms. The van der Waals surface area contributed by atoms with Crippen molar-refractivity contribution in [3.63, 3.8) is 0 Å². The molecule has 3 atom stereocenters. The topological polar surface area (TPSA) is 110 Å². The minimum atomic E-state index is -0.972. The number of hydrogen-bond acceptors (Lipinski definition) is 7. The van der Waals surface area contributed by atoms with Crippen LogP contribution in [0.15, 0.2) is 72.4 Å². The Hall–Kier alpha value is -3.43. The summed E-state index contributed by atoms with van der Waals surface area (Å²) in [5.41, 5.74) is 2.88. The van der Waals surface area contributed by atoms with Crippen molar-refractivity contribution in [3.8, 4) is 0 Å². The van der Waals surface area contributed by atoms with Gasteiger partial charge in [0.2, 0.25) is 0 Å². The lowest BCUT2D eigenvalue weighted by molar-refractivity contribution is 0.0398. The molecular weight excluding hydrogens is 490 g/mol. The predicted molar refractivity (Wildman–Crippen MR) is 143 cm³/mol. The number of rotatable bonds is 11. The van der Waals surface area contributed by atoms with E-state index in [4.69, 9.17) is 9.47 Å². The minimum Gasteiger partial charge on any atom is -0.445 e. The van der Waals surface area contributed by atoms with E-state index >= 15 is 0 Å². The van der Waals surface area contributed by atoms with Crippen LogP contribution < -0.4 is 10.6 Å². The fraction of sp³-hybridized carbons (Fsp3) is 0.393. The van der Waals surface area contributed by atoms with Crippen LogP contribution in [0.5, 0.6) is 0 Å². The van der Waals surface area contributed by atoms with Crippen LogP contribution >= 0.6 is 11.3 Å². The lowest BCUT2D eigenvalue weighted by Crippen LogP contribution is -2.49. The van der Waals surface area contributed by atoms with Crippen LogP contribution in [-0.4, -0.2) is 46.1 Å². The third-order valence-electron chi connectivity index (χ3n) is 5.46. The summed E-state index contributed by atoms with van der Waals surface area (Å²) in [5, 5.41) is 17.0. The lowest BCUT2D eigenvalue weighted by atomic mass is 9.95. The quantitative estimate of drug-likeness (QED) is 0.330. The normalized spacial score (nSPS) is 13.7. The van der Waals surface area contributed by atoms with Crippen LogP contribution in [0.1, 0.15) is 43.2 Å². The van der Waals surface area contributed by atoms with Gasteiger partial charge in [-0.15, -0.1) is 11.3 Å². The molecule has 198 valence electrons. The Labute approximate surface area is 222 Å². The zero-order chi connectivity index (χ0) is 26.7. The molecule has 0 aliphatic heterocycles. The number of ether oxygens (including phenoxy) is 2. The summed E-state index contributed by atoms with van der Waals surface area (Å²) in [6.45, 7) is 5.49. The highest BCUT2D eigenvalue weighted by atomic mass is 32.1. The van der Waals surface area contributed by atoms with Gasteiger partial charge in [0.1, 0.15) is 12.2 Å². The van der Waals surface area contributed by atoms with Crippen LogP contribution in [0, 0.1) is 0 Å². The molecule has 3 rings (SSSR count). The summed E-state index contributed by atoms with van der Waals surface area (Å²) in [4.78, 5) is 30.2. The maximum atomic E-state index is 12.6. The van der Waals surface area contributed by atoms with Gasteiger partial charge >= 0.3 is 12.2 Å². The number of aliphatic hydroxyl groups is 1. The van der Waals surface area contributed by atoms with Crippen molar-refractivity contribution in [1.29, 1.82) is 0 Å². The van der Waals surface area contributed by atoms with E-state index in [-0.39, 0.29) is 13.0 Å². The van der Waals surface area contributed by atoms with Gasteiger partial charge in [0.05, 0.1) is 17.7 Å². The van der Waals surface area contributed by atoms with Crippen molar-refractivity contribution in [3.05, 3.63) is 88.4 Å². The van der Waals surface area contributed by atoms with Crippen molar-refractivity contribution in [2.24, 2.45) is 0 Å². The number of benzene rings is 2. The zero-order valence-electron chi connectivity index (χ0n) is 21.4. The largest absolute Gasteiger partial charge is 0.445 e. The number of amides is 2. The van der Waals surface area contributed by atoms with Crippen molar-refractivity contribution < 1.29 is 24.2 Å². The highest BCUT2D eigenvalue weighted by molar-refractivity contribution is 7.09. The zero-order valence-corrected chi connectivity index (χ0v) is 22.2. The number of alkyl carbamates (subject to hydrolysis) is 2. The fourth-order valence-corrected chi connectivity index (χ4v) is 4.45. The molecule has 2 aromatic carbocycles. The third-order valence-corrected chi connectivity index (χ3v) is 6.26. The van der Waals surface area contributed by atoms with Gasteiger partial charge in [0.25, 0.3) is 0 Å². The van der Waals surface area contributed by atoms with E-state index in [1.54, 1.807) is 32.5 Å². The first-order valence-electron chi connectivity index (χ1n) is 12.2. The Morgan fingerprint density at radius 1 is 0.946 bits per heavy atom. The molecule has 0 bridgehead atoms. The predicted octanol–water partition coefficient (Wildman–Crippen LogP) is 4.87. The first kappa shape index (κ1) is 28.1. The standard InChI is InChI=1S/C28H35N3O5S/c1-28(2,3)36-27(34)31-24(14-20-10-6-4-7-11-20)25(32)16-22(15-23-17-29-19-37-23)30-26(33)35-18-21-12-8-5-9-13-21/h4-13,17,19,22,24-25,32H,14-16,18H2,1-3H3,(H,30,33)(H,31,34). The third kappa shape index (κ3) is 10.6. The number of hydrogen-bond donors (Lipinski definition) is 3. The summed E-state index contributed by atoms with van der Waals surface area (Å²) in [7, 11) is 0. The first-order valence-corrected chi connectivity index (χ1v) is 13.1. The van der Waals surface area contributed by atoms with Crippen LogP contribution in [-0.2, 0) is 28.9 Å². The molecule has 0 saturated heterocycles. The number of aliphatic hydroxyl groups excluding tert-OH is 1. The molecule has 3 aromatic rings. The molecule has 0 fully saturated rings. The number of nitrogens with one attached hydrogen (secondary N) is 2. The maximum absolute atomic E-state index is 12.6. The minimum absolute atomic E-state index is 0.138. The number of carbonyl (C=O) groups is 2. The van der Waals surface area contributed by atoms with E-state index in [9.17, 15) is 14.7 Å². The lowest BCUT2D eigenvalue weighted by Gasteiger charge is -2.29. The molecule has 0 aliphatic carbocycles. The average Bonchev–Trinajstić information content (AvgIpc) is 3.35. The number of aromatic nitrogens is 1. The Kier molecular flexibility index (Phi) is 10.5. The molecular formula is C28H35N3O5S. The van der Waals surface area contributed by atoms with E-state index in [1.807, 2.05) is 60.7 Å². The molecule has 2 amide bonds.